The predicted octanol–water partition coefficient (Wildman–Crippen LogP) is 5.51. The highest BCUT2D eigenvalue weighted by Gasteiger charge is 2.58. The first-order valence-electron chi connectivity index (χ1n) is 9.79. The lowest BCUT2D eigenvalue weighted by Gasteiger charge is -2.60. The van der Waals surface area contributed by atoms with Crippen LogP contribution >= 0.6 is 0 Å². The van der Waals surface area contributed by atoms with E-state index in [0.717, 1.165) is 35.8 Å². The van der Waals surface area contributed by atoms with Gasteiger partial charge in [-0.1, -0.05) is 45.8 Å². The van der Waals surface area contributed by atoms with E-state index in [9.17, 15) is 0 Å². The SMILES string of the molecule is CC(C)C1=C(C(C)C)[C@@]2(CCN(C(C)C)[C@@H]3CC[C@@H]32)C[C@@H]1C. The highest BCUT2D eigenvalue weighted by atomic mass is 15.2. The van der Waals surface area contributed by atoms with Gasteiger partial charge in [-0.25, -0.2) is 0 Å². The van der Waals surface area contributed by atoms with Crippen LogP contribution < -0.4 is 0 Å². The zero-order valence-corrected chi connectivity index (χ0v) is 15.9. The molecule has 126 valence electrons. The fourth-order valence-corrected chi connectivity index (χ4v) is 6.54. The summed E-state index contributed by atoms with van der Waals surface area (Å²) in [5.41, 5.74) is 4.29. The largest absolute Gasteiger partial charge is 0.298 e. The summed E-state index contributed by atoms with van der Waals surface area (Å²) in [7, 11) is 0. The zero-order valence-electron chi connectivity index (χ0n) is 15.9. The summed E-state index contributed by atoms with van der Waals surface area (Å²) in [6.07, 6.45) is 5.78. The minimum absolute atomic E-state index is 0.557. The number of piperidine rings is 1. The van der Waals surface area contributed by atoms with E-state index in [0.29, 0.717) is 5.41 Å². The molecule has 0 unspecified atom stereocenters. The molecule has 4 atom stereocenters. The molecule has 0 amide bonds. The number of allylic oxidation sites excluding steroid dienone is 2. The van der Waals surface area contributed by atoms with E-state index >= 15 is 0 Å². The maximum absolute atomic E-state index is 2.81. The van der Waals surface area contributed by atoms with E-state index in [1.54, 1.807) is 0 Å². The molecular formula is C21H37N. The number of fused-ring (bicyclic) bond motifs is 2. The van der Waals surface area contributed by atoms with E-state index in [4.69, 9.17) is 0 Å². The van der Waals surface area contributed by atoms with Gasteiger partial charge in [-0.15, -0.1) is 0 Å². The third-order valence-corrected chi connectivity index (χ3v) is 7.10. The second-order valence-corrected chi connectivity index (χ2v) is 9.27. The zero-order chi connectivity index (χ0) is 16.2. The molecule has 1 spiro atoms. The Balaban J connectivity index is 2.00. The molecule has 0 bridgehead atoms. The topological polar surface area (TPSA) is 3.24 Å². The Hall–Kier alpha value is -0.300. The third kappa shape index (κ3) is 2.22. The molecule has 1 aliphatic heterocycles. The van der Waals surface area contributed by atoms with E-state index < -0.39 is 0 Å². The van der Waals surface area contributed by atoms with Crippen LogP contribution in [0.2, 0.25) is 0 Å². The monoisotopic (exact) mass is 303 g/mol. The van der Waals surface area contributed by atoms with Gasteiger partial charge in [-0.2, -0.15) is 0 Å². The van der Waals surface area contributed by atoms with Gasteiger partial charge < -0.3 is 0 Å². The maximum atomic E-state index is 2.81. The van der Waals surface area contributed by atoms with Gasteiger partial charge in [0.25, 0.3) is 0 Å². The van der Waals surface area contributed by atoms with E-state index in [-0.39, 0.29) is 0 Å². The fraction of sp³-hybridized carbons (Fsp3) is 0.905. The van der Waals surface area contributed by atoms with Gasteiger partial charge >= 0.3 is 0 Å². The predicted molar refractivity (Wildman–Crippen MR) is 95.9 cm³/mol. The molecule has 0 aromatic carbocycles. The average molecular weight is 304 g/mol. The van der Waals surface area contributed by atoms with Crippen LogP contribution in [-0.4, -0.2) is 23.5 Å². The maximum Gasteiger partial charge on any atom is 0.0135 e. The summed E-state index contributed by atoms with van der Waals surface area (Å²) >= 11 is 0. The minimum Gasteiger partial charge on any atom is -0.298 e. The van der Waals surface area contributed by atoms with Crippen molar-refractivity contribution in [3.63, 3.8) is 0 Å². The summed E-state index contributed by atoms with van der Waals surface area (Å²) in [6.45, 7) is 18.4. The molecule has 0 aromatic heterocycles. The molecule has 1 nitrogen and oxygen atoms in total. The number of hydrogen-bond acceptors (Lipinski definition) is 1. The Morgan fingerprint density at radius 1 is 1.00 bits per heavy atom. The Morgan fingerprint density at radius 3 is 2.14 bits per heavy atom. The second-order valence-electron chi connectivity index (χ2n) is 9.27. The molecule has 1 saturated carbocycles. The molecule has 0 N–H and O–H groups in total. The summed E-state index contributed by atoms with van der Waals surface area (Å²) < 4.78 is 0. The van der Waals surface area contributed by atoms with Crippen molar-refractivity contribution < 1.29 is 0 Å². The Labute approximate surface area is 138 Å². The molecule has 0 radical (unpaired) electrons. The van der Waals surface area contributed by atoms with Crippen LogP contribution in [0.25, 0.3) is 0 Å². The number of hydrogen-bond donors (Lipinski definition) is 0. The Morgan fingerprint density at radius 2 is 1.68 bits per heavy atom. The average Bonchev–Trinajstić information content (AvgIpc) is 2.64. The van der Waals surface area contributed by atoms with Crippen molar-refractivity contribution in [2.45, 2.75) is 86.2 Å². The first-order valence-corrected chi connectivity index (χ1v) is 9.79. The highest BCUT2D eigenvalue weighted by Crippen LogP contribution is 2.64. The van der Waals surface area contributed by atoms with Crippen LogP contribution in [0, 0.1) is 29.1 Å². The summed E-state index contributed by atoms with van der Waals surface area (Å²) in [5, 5.41) is 0. The molecule has 2 aliphatic carbocycles. The Bertz CT molecular complexity index is 459. The summed E-state index contributed by atoms with van der Waals surface area (Å²) in [6, 6.07) is 1.60. The van der Waals surface area contributed by atoms with Crippen molar-refractivity contribution in [1.82, 2.24) is 4.90 Å². The van der Waals surface area contributed by atoms with Gasteiger partial charge in [0.2, 0.25) is 0 Å². The highest BCUT2D eigenvalue weighted by molar-refractivity contribution is 5.36. The smallest absolute Gasteiger partial charge is 0.0135 e. The van der Waals surface area contributed by atoms with Crippen LogP contribution in [0.4, 0.5) is 0 Å². The lowest BCUT2D eigenvalue weighted by Crippen LogP contribution is -2.61. The molecule has 3 rings (SSSR count). The molecular weight excluding hydrogens is 266 g/mol. The number of rotatable bonds is 3. The van der Waals surface area contributed by atoms with Crippen LogP contribution in [0.3, 0.4) is 0 Å². The first kappa shape index (κ1) is 16.6. The molecule has 3 aliphatic rings. The Kier molecular flexibility index (Phi) is 4.25. The van der Waals surface area contributed by atoms with E-state index in [1.165, 1.54) is 32.2 Å². The van der Waals surface area contributed by atoms with Gasteiger partial charge in [-0.3, -0.25) is 4.90 Å². The standard InChI is InChI=1S/C21H37N/c1-13(2)19-16(7)12-21(20(19)14(3)4)10-11-22(15(5)6)18-9-8-17(18)21/h13-18H,8-12H2,1-7H3/t16-,17-,18+,21-/m0/s1. The molecule has 1 saturated heterocycles. The number of likely N-dealkylation sites (tertiary alicyclic amines) is 1. The van der Waals surface area contributed by atoms with Gasteiger partial charge in [0.05, 0.1) is 0 Å². The number of nitrogens with zero attached hydrogens (tertiary/aromatic N) is 1. The van der Waals surface area contributed by atoms with E-state index in [1.807, 2.05) is 11.1 Å². The lowest BCUT2D eigenvalue weighted by molar-refractivity contribution is -0.0790. The van der Waals surface area contributed by atoms with Crippen molar-refractivity contribution in [3.05, 3.63) is 11.1 Å². The quantitative estimate of drug-likeness (QED) is 0.621. The normalized spacial score (nSPS) is 39.3. The van der Waals surface area contributed by atoms with Gasteiger partial charge in [0.1, 0.15) is 0 Å². The van der Waals surface area contributed by atoms with Crippen molar-refractivity contribution in [1.29, 1.82) is 0 Å². The molecule has 1 heteroatoms. The van der Waals surface area contributed by atoms with Crippen molar-refractivity contribution in [2.75, 3.05) is 6.54 Å². The summed E-state index contributed by atoms with van der Waals surface area (Å²) in [5.74, 6) is 3.21. The van der Waals surface area contributed by atoms with Crippen molar-refractivity contribution >= 4 is 0 Å². The first-order chi connectivity index (χ1) is 10.3. The van der Waals surface area contributed by atoms with E-state index in [2.05, 4.69) is 53.4 Å². The van der Waals surface area contributed by atoms with Gasteiger partial charge in [0, 0.05) is 12.1 Å². The van der Waals surface area contributed by atoms with Crippen LogP contribution in [0.15, 0.2) is 11.1 Å². The van der Waals surface area contributed by atoms with Gasteiger partial charge in [0.15, 0.2) is 0 Å². The van der Waals surface area contributed by atoms with Crippen LogP contribution in [0.5, 0.6) is 0 Å². The minimum atomic E-state index is 0.557. The van der Waals surface area contributed by atoms with Crippen molar-refractivity contribution in [2.24, 2.45) is 29.1 Å². The second kappa shape index (κ2) is 5.65. The third-order valence-electron chi connectivity index (χ3n) is 7.10. The van der Waals surface area contributed by atoms with Gasteiger partial charge in [-0.05, 0) is 75.2 Å². The molecule has 1 heterocycles. The lowest BCUT2D eigenvalue weighted by atomic mass is 9.53. The van der Waals surface area contributed by atoms with Crippen molar-refractivity contribution in [3.8, 4) is 0 Å². The van der Waals surface area contributed by atoms with Crippen LogP contribution in [0.1, 0.15) is 74.1 Å². The molecule has 22 heavy (non-hydrogen) atoms. The fourth-order valence-electron chi connectivity index (χ4n) is 6.54. The van der Waals surface area contributed by atoms with Crippen LogP contribution in [-0.2, 0) is 0 Å². The summed E-state index contributed by atoms with van der Waals surface area (Å²) in [4.78, 5) is 2.81. The molecule has 0 aromatic rings. The molecule has 2 fully saturated rings.